The van der Waals surface area contributed by atoms with Gasteiger partial charge in [-0.1, -0.05) is 31.4 Å². The highest BCUT2D eigenvalue weighted by atomic mass is 35.5. The van der Waals surface area contributed by atoms with Gasteiger partial charge in [-0.2, -0.15) is 0 Å². The molecule has 0 atom stereocenters. The summed E-state index contributed by atoms with van der Waals surface area (Å²) in [7, 11) is 2.20. The number of halogens is 1. The topological polar surface area (TPSA) is 3.24 Å². The molecule has 1 rings (SSSR count). The number of nitrogens with zero attached hydrogens (tertiary/aromatic N) is 1. The molecule has 0 saturated heterocycles. The Hall–Kier alpha value is -0.0100. The van der Waals surface area contributed by atoms with E-state index >= 15 is 0 Å². The molecule has 0 aromatic rings. The maximum atomic E-state index is 5.57. The fraction of sp³-hybridized carbons (Fsp3) is 0.833. The molecule has 0 aliphatic heterocycles. The lowest BCUT2D eigenvalue weighted by atomic mass is 9.89. The van der Waals surface area contributed by atoms with Crippen molar-refractivity contribution in [2.24, 2.45) is 5.92 Å². The van der Waals surface area contributed by atoms with Crippen molar-refractivity contribution >= 4 is 11.6 Å². The molecular formula is C12H22ClN. The average molecular weight is 216 g/mol. The molecule has 0 unspecified atom stereocenters. The van der Waals surface area contributed by atoms with E-state index in [1.165, 1.54) is 38.6 Å². The van der Waals surface area contributed by atoms with E-state index in [2.05, 4.69) is 18.0 Å². The Morgan fingerprint density at radius 2 is 1.93 bits per heavy atom. The van der Waals surface area contributed by atoms with Crippen LogP contribution >= 0.6 is 11.6 Å². The van der Waals surface area contributed by atoms with Crippen LogP contribution in [0.2, 0.25) is 0 Å². The van der Waals surface area contributed by atoms with Crippen LogP contribution in [0.25, 0.3) is 0 Å². The van der Waals surface area contributed by atoms with Gasteiger partial charge in [-0.3, -0.25) is 0 Å². The van der Waals surface area contributed by atoms with Crippen molar-refractivity contribution in [1.82, 2.24) is 4.90 Å². The predicted octanol–water partition coefficient (Wildman–Crippen LogP) is 3.29. The molecule has 82 valence electrons. The minimum Gasteiger partial charge on any atom is -0.302 e. The van der Waals surface area contributed by atoms with Crippen molar-refractivity contribution in [2.45, 2.75) is 32.1 Å². The fourth-order valence-corrected chi connectivity index (χ4v) is 2.33. The van der Waals surface area contributed by atoms with E-state index in [0.717, 1.165) is 12.5 Å². The summed E-state index contributed by atoms with van der Waals surface area (Å²) in [5, 5.41) is 0. The third-order valence-electron chi connectivity index (χ3n) is 2.97. The van der Waals surface area contributed by atoms with Crippen LogP contribution in [0.15, 0.2) is 12.2 Å². The summed E-state index contributed by atoms with van der Waals surface area (Å²) in [5.41, 5.74) is 0. The third kappa shape index (κ3) is 5.02. The van der Waals surface area contributed by atoms with E-state index in [9.17, 15) is 0 Å². The minimum atomic E-state index is 0.636. The first-order valence-corrected chi connectivity index (χ1v) is 6.26. The van der Waals surface area contributed by atoms with Crippen molar-refractivity contribution in [1.29, 1.82) is 0 Å². The number of hydrogen-bond acceptors (Lipinski definition) is 1. The molecule has 14 heavy (non-hydrogen) atoms. The van der Waals surface area contributed by atoms with E-state index in [1.807, 2.05) is 6.08 Å². The highest BCUT2D eigenvalue weighted by Gasteiger charge is 2.14. The zero-order valence-corrected chi connectivity index (χ0v) is 9.97. The van der Waals surface area contributed by atoms with E-state index in [4.69, 9.17) is 11.6 Å². The predicted molar refractivity (Wildman–Crippen MR) is 63.9 cm³/mol. The molecule has 1 aliphatic rings. The fourth-order valence-electron chi connectivity index (χ4n) is 2.20. The Labute approximate surface area is 93.1 Å². The van der Waals surface area contributed by atoms with Gasteiger partial charge in [0.1, 0.15) is 0 Å². The minimum absolute atomic E-state index is 0.636. The van der Waals surface area contributed by atoms with Crippen molar-refractivity contribution in [2.75, 3.05) is 26.0 Å². The SMILES string of the molecule is CN(CC=CCCl)CC1CCCCC1. The third-order valence-corrected chi connectivity index (χ3v) is 3.15. The normalized spacial score (nSPS) is 19.6. The van der Waals surface area contributed by atoms with Gasteiger partial charge in [-0.05, 0) is 25.8 Å². The molecule has 0 heterocycles. The van der Waals surface area contributed by atoms with Crippen LogP contribution in [-0.4, -0.2) is 30.9 Å². The van der Waals surface area contributed by atoms with Crippen LogP contribution in [0, 0.1) is 5.92 Å². The Balaban J connectivity index is 2.11. The lowest BCUT2D eigenvalue weighted by Gasteiger charge is -2.26. The van der Waals surface area contributed by atoms with Crippen molar-refractivity contribution in [3.05, 3.63) is 12.2 Å². The number of hydrogen-bond donors (Lipinski definition) is 0. The monoisotopic (exact) mass is 215 g/mol. The van der Waals surface area contributed by atoms with Crippen LogP contribution in [0.3, 0.4) is 0 Å². The zero-order valence-electron chi connectivity index (χ0n) is 9.21. The molecule has 0 bridgehead atoms. The standard InChI is InChI=1S/C12H22ClN/c1-14(10-6-5-9-13)11-12-7-3-2-4-8-12/h5-6,12H,2-4,7-11H2,1H3. The molecule has 0 aromatic carbocycles. The number of rotatable bonds is 5. The molecule has 2 heteroatoms. The highest BCUT2D eigenvalue weighted by Crippen LogP contribution is 2.23. The van der Waals surface area contributed by atoms with Gasteiger partial charge >= 0.3 is 0 Å². The second-order valence-corrected chi connectivity index (χ2v) is 4.66. The lowest BCUT2D eigenvalue weighted by Crippen LogP contribution is -2.27. The van der Waals surface area contributed by atoms with Crippen LogP contribution in [0.1, 0.15) is 32.1 Å². The molecule has 1 fully saturated rings. The summed E-state index contributed by atoms with van der Waals surface area (Å²) in [6.07, 6.45) is 11.4. The zero-order chi connectivity index (χ0) is 10.2. The molecule has 0 radical (unpaired) electrons. The maximum Gasteiger partial charge on any atom is 0.0404 e. The van der Waals surface area contributed by atoms with Gasteiger partial charge in [0.05, 0.1) is 0 Å². The quantitative estimate of drug-likeness (QED) is 0.503. The van der Waals surface area contributed by atoms with Gasteiger partial charge in [0.2, 0.25) is 0 Å². The van der Waals surface area contributed by atoms with Crippen molar-refractivity contribution in [3.8, 4) is 0 Å². The Morgan fingerprint density at radius 1 is 1.21 bits per heavy atom. The van der Waals surface area contributed by atoms with Gasteiger partial charge in [0.25, 0.3) is 0 Å². The van der Waals surface area contributed by atoms with Gasteiger partial charge in [0, 0.05) is 19.0 Å². The molecule has 0 N–H and O–H groups in total. The second-order valence-electron chi connectivity index (χ2n) is 4.35. The second kappa shape index (κ2) is 7.30. The summed E-state index contributed by atoms with van der Waals surface area (Å²) >= 11 is 5.57. The summed E-state index contributed by atoms with van der Waals surface area (Å²) in [6, 6.07) is 0. The maximum absolute atomic E-state index is 5.57. The first-order valence-electron chi connectivity index (χ1n) is 5.72. The van der Waals surface area contributed by atoms with Crippen LogP contribution < -0.4 is 0 Å². The van der Waals surface area contributed by atoms with E-state index < -0.39 is 0 Å². The number of alkyl halides is 1. The van der Waals surface area contributed by atoms with Crippen LogP contribution in [-0.2, 0) is 0 Å². The molecule has 0 amide bonds. The smallest absolute Gasteiger partial charge is 0.0404 e. The molecule has 1 saturated carbocycles. The Kier molecular flexibility index (Phi) is 6.29. The van der Waals surface area contributed by atoms with E-state index in [1.54, 1.807) is 0 Å². The first-order chi connectivity index (χ1) is 6.83. The van der Waals surface area contributed by atoms with Gasteiger partial charge < -0.3 is 4.90 Å². The van der Waals surface area contributed by atoms with Crippen molar-refractivity contribution < 1.29 is 0 Å². The first kappa shape index (κ1) is 12.1. The van der Waals surface area contributed by atoms with Gasteiger partial charge in [0.15, 0.2) is 0 Å². The lowest BCUT2D eigenvalue weighted by molar-refractivity contribution is 0.248. The molecular weight excluding hydrogens is 194 g/mol. The largest absolute Gasteiger partial charge is 0.302 e. The average Bonchev–Trinajstić information content (AvgIpc) is 2.20. The highest BCUT2D eigenvalue weighted by molar-refractivity contribution is 6.18. The van der Waals surface area contributed by atoms with Crippen LogP contribution in [0.4, 0.5) is 0 Å². The molecule has 1 aliphatic carbocycles. The molecule has 1 nitrogen and oxygen atoms in total. The number of likely N-dealkylation sites (N-methyl/N-ethyl adjacent to an activating group) is 1. The Bertz CT molecular complexity index is 162. The van der Waals surface area contributed by atoms with E-state index in [-0.39, 0.29) is 0 Å². The molecule has 0 aromatic heterocycles. The van der Waals surface area contributed by atoms with Gasteiger partial charge in [-0.15, -0.1) is 11.6 Å². The molecule has 0 spiro atoms. The van der Waals surface area contributed by atoms with Gasteiger partial charge in [-0.25, -0.2) is 0 Å². The van der Waals surface area contributed by atoms with E-state index in [0.29, 0.717) is 5.88 Å². The van der Waals surface area contributed by atoms with Crippen LogP contribution in [0.5, 0.6) is 0 Å². The summed E-state index contributed by atoms with van der Waals surface area (Å²) < 4.78 is 0. The number of allylic oxidation sites excluding steroid dienone is 1. The summed E-state index contributed by atoms with van der Waals surface area (Å²) in [5.74, 6) is 1.58. The summed E-state index contributed by atoms with van der Waals surface area (Å²) in [6.45, 7) is 2.30. The summed E-state index contributed by atoms with van der Waals surface area (Å²) in [4.78, 5) is 2.40. The van der Waals surface area contributed by atoms with Crippen molar-refractivity contribution in [3.63, 3.8) is 0 Å². The Morgan fingerprint density at radius 3 is 2.57 bits per heavy atom.